The molecule has 0 fully saturated rings. The molecular weight excluding hydrogens is 234 g/mol. The van der Waals surface area contributed by atoms with Gasteiger partial charge in [0, 0.05) is 10.6 Å². The van der Waals surface area contributed by atoms with Gasteiger partial charge in [-0.05, 0) is 6.07 Å². The van der Waals surface area contributed by atoms with Crippen LogP contribution in [0.15, 0.2) is 29.8 Å². The van der Waals surface area contributed by atoms with Crippen molar-refractivity contribution in [3.05, 3.63) is 40.5 Å². The van der Waals surface area contributed by atoms with E-state index in [-0.39, 0.29) is 5.69 Å². The third-order valence-corrected chi connectivity index (χ3v) is 3.08. The van der Waals surface area contributed by atoms with Gasteiger partial charge in [-0.3, -0.25) is 0 Å². The number of carboxylic acids is 1. The van der Waals surface area contributed by atoms with Crippen LogP contribution >= 0.6 is 22.9 Å². The van der Waals surface area contributed by atoms with E-state index in [9.17, 15) is 4.79 Å². The van der Waals surface area contributed by atoms with Crippen LogP contribution in [0.25, 0.3) is 10.4 Å². The van der Waals surface area contributed by atoms with Crippen LogP contribution < -0.4 is 0 Å². The first-order valence-corrected chi connectivity index (χ1v) is 5.37. The normalized spacial score (nSPS) is 10.2. The van der Waals surface area contributed by atoms with Gasteiger partial charge in [-0.25, -0.2) is 9.78 Å². The minimum atomic E-state index is -1.04. The fourth-order valence-electron chi connectivity index (χ4n) is 1.23. The van der Waals surface area contributed by atoms with Gasteiger partial charge in [0.2, 0.25) is 0 Å². The first kappa shape index (κ1) is 10.1. The van der Waals surface area contributed by atoms with E-state index in [1.54, 1.807) is 18.2 Å². The number of aromatic carboxylic acids is 1. The fraction of sp³-hybridized carbons (Fsp3) is 0. The number of carboxylic acid groups (broad SMARTS) is 1. The van der Waals surface area contributed by atoms with Gasteiger partial charge < -0.3 is 5.11 Å². The van der Waals surface area contributed by atoms with Crippen LogP contribution in [0.3, 0.4) is 0 Å². The SMILES string of the molecule is O=C(O)c1ncsc1-c1ccccc1Cl. The molecule has 15 heavy (non-hydrogen) atoms. The number of halogens is 1. The van der Waals surface area contributed by atoms with E-state index in [0.717, 1.165) is 0 Å². The molecule has 1 heterocycles. The van der Waals surface area contributed by atoms with Crippen LogP contribution in [-0.4, -0.2) is 16.1 Å². The lowest BCUT2D eigenvalue weighted by atomic mass is 10.1. The van der Waals surface area contributed by atoms with Crippen LogP contribution in [0.5, 0.6) is 0 Å². The Balaban J connectivity index is 2.59. The summed E-state index contributed by atoms with van der Waals surface area (Å²) in [6.45, 7) is 0. The second kappa shape index (κ2) is 4.00. The fourth-order valence-corrected chi connectivity index (χ4v) is 2.34. The quantitative estimate of drug-likeness (QED) is 0.876. The Labute approximate surface area is 95.0 Å². The number of benzene rings is 1. The van der Waals surface area contributed by atoms with Crippen molar-refractivity contribution in [2.45, 2.75) is 0 Å². The van der Waals surface area contributed by atoms with Gasteiger partial charge in [-0.1, -0.05) is 29.8 Å². The Morgan fingerprint density at radius 1 is 1.40 bits per heavy atom. The molecule has 0 aliphatic carbocycles. The minimum absolute atomic E-state index is 0.0492. The first-order valence-electron chi connectivity index (χ1n) is 4.12. The third kappa shape index (κ3) is 1.86. The summed E-state index contributed by atoms with van der Waals surface area (Å²) < 4.78 is 0. The summed E-state index contributed by atoms with van der Waals surface area (Å²) in [7, 11) is 0. The summed E-state index contributed by atoms with van der Waals surface area (Å²) in [4.78, 5) is 15.3. The van der Waals surface area contributed by atoms with Crippen molar-refractivity contribution in [1.82, 2.24) is 4.98 Å². The minimum Gasteiger partial charge on any atom is -0.476 e. The van der Waals surface area contributed by atoms with Crippen molar-refractivity contribution in [2.24, 2.45) is 0 Å². The van der Waals surface area contributed by atoms with Gasteiger partial charge in [-0.2, -0.15) is 0 Å². The maximum Gasteiger partial charge on any atom is 0.356 e. The highest BCUT2D eigenvalue weighted by Gasteiger charge is 2.16. The Hall–Kier alpha value is -1.39. The summed E-state index contributed by atoms with van der Waals surface area (Å²) in [6, 6.07) is 7.12. The highest BCUT2D eigenvalue weighted by molar-refractivity contribution is 7.13. The van der Waals surface area contributed by atoms with Crippen LogP contribution in [0, 0.1) is 0 Å². The van der Waals surface area contributed by atoms with Crippen molar-refractivity contribution in [3.63, 3.8) is 0 Å². The van der Waals surface area contributed by atoms with E-state index >= 15 is 0 Å². The molecule has 2 aromatic rings. The van der Waals surface area contributed by atoms with E-state index in [1.165, 1.54) is 16.8 Å². The number of aromatic nitrogens is 1. The molecule has 0 aliphatic heterocycles. The molecule has 0 aliphatic rings. The Kier molecular flexibility index (Phi) is 2.70. The molecule has 1 aromatic heterocycles. The van der Waals surface area contributed by atoms with Gasteiger partial charge in [0.1, 0.15) is 0 Å². The molecule has 1 N–H and O–H groups in total. The number of hydrogen-bond acceptors (Lipinski definition) is 3. The second-order valence-corrected chi connectivity index (χ2v) is 4.08. The molecule has 76 valence electrons. The average molecular weight is 240 g/mol. The van der Waals surface area contributed by atoms with Gasteiger partial charge in [-0.15, -0.1) is 11.3 Å². The largest absolute Gasteiger partial charge is 0.476 e. The lowest BCUT2D eigenvalue weighted by Crippen LogP contribution is -1.98. The molecule has 0 unspecified atom stereocenters. The van der Waals surface area contributed by atoms with Crippen LogP contribution in [0.1, 0.15) is 10.5 Å². The van der Waals surface area contributed by atoms with Crippen molar-refractivity contribution < 1.29 is 9.90 Å². The summed E-state index contributed by atoms with van der Waals surface area (Å²) in [5.41, 5.74) is 2.26. The van der Waals surface area contributed by atoms with Gasteiger partial charge >= 0.3 is 5.97 Å². The summed E-state index contributed by atoms with van der Waals surface area (Å²) >= 11 is 7.25. The molecular formula is C10H6ClNO2S. The topological polar surface area (TPSA) is 50.2 Å². The highest BCUT2D eigenvalue weighted by Crippen LogP contribution is 2.32. The summed E-state index contributed by atoms with van der Waals surface area (Å²) in [6.07, 6.45) is 0. The van der Waals surface area contributed by atoms with Crippen molar-refractivity contribution in [2.75, 3.05) is 0 Å². The lowest BCUT2D eigenvalue weighted by molar-refractivity contribution is 0.0692. The predicted octanol–water partition coefficient (Wildman–Crippen LogP) is 3.16. The maximum absolute atomic E-state index is 10.9. The Bertz CT molecular complexity index is 510. The van der Waals surface area contributed by atoms with E-state index < -0.39 is 5.97 Å². The van der Waals surface area contributed by atoms with Gasteiger partial charge in [0.25, 0.3) is 0 Å². The molecule has 2 rings (SSSR count). The Morgan fingerprint density at radius 3 is 2.80 bits per heavy atom. The Morgan fingerprint density at radius 2 is 2.13 bits per heavy atom. The van der Waals surface area contributed by atoms with E-state index in [2.05, 4.69) is 4.98 Å². The molecule has 0 atom stereocenters. The van der Waals surface area contributed by atoms with Crippen LogP contribution in [0.4, 0.5) is 0 Å². The number of hydrogen-bond donors (Lipinski definition) is 1. The molecule has 0 bridgehead atoms. The molecule has 0 saturated carbocycles. The zero-order valence-electron chi connectivity index (χ0n) is 7.48. The van der Waals surface area contributed by atoms with Crippen LogP contribution in [-0.2, 0) is 0 Å². The molecule has 1 aromatic carbocycles. The van der Waals surface area contributed by atoms with Crippen molar-refractivity contribution >= 4 is 28.9 Å². The molecule has 0 spiro atoms. The number of nitrogens with zero attached hydrogens (tertiary/aromatic N) is 1. The lowest BCUT2D eigenvalue weighted by Gasteiger charge is -2.01. The number of thiazole rings is 1. The van der Waals surface area contributed by atoms with Crippen molar-refractivity contribution in [3.8, 4) is 10.4 Å². The van der Waals surface area contributed by atoms with Crippen molar-refractivity contribution in [1.29, 1.82) is 0 Å². The standard InChI is InChI=1S/C10H6ClNO2S/c11-7-4-2-1-3-6(7)9-8(10(13)14)12-5-15-9/h1-5H,(H,13,14). The molecule has 0 saturated heterocycles. The molecule has 5 heteroatoms. The zero-order valence-corrected chi connectivity index (χ0v) is 9.05. The number of carbonyl (C=O) groups is 1. The molecule has 0 amide bonds. The van der Waals surface area contributed by atoms with Crippen LogP contribution in [0.2, 0.25) is 5.02 Å². The monoisotopic (exact) mass is 239 g/mol. The predicted molar refractivity (Wildman–Crippen MR) is 59.5 cm³/mol. The van der Waals surface area contributed by atoms with Gasteiger partial charge in [0.05, 0.1) is 10.4 Å². The second-order valence-electron chi connectivity index (χ2n) is 2.82. The smallest absolute Gasteiger partial charge is 0.356 e. The first-order chi connectivity index (χ1) is 7.20. The molecule has 3 nitrogen and oxygen atoms in total. The summed E-state index contributed by atoms with van der Waals surface area (Å²) in [5, 5.41) is 9.44. The summed E-state index contributed by atoms with van der Waals surface area (Å²) in [5.74, 6) is -1.04. The third-order valence-electron chi connectivity index (χ3n) is 1.89. The average Bonchev–Trinajstić information content (AvgIpc) is 2.67. The zero-order chi connectivity index (χ0) is 10.8. The maximum atomic E-state index is 10.9. The van der Waals surface area contributed by atoms with E-state index in [4.69, 9.17) is 16.7 Å². The van der Waals surface area contributed by atoms with E-state index in [1.807, 2.05) is 6.07 Å². The highest BCUT2D eigenvalue weighted by atomic mass is 35.5. The number of rotatable bonds is 2. The molecule has 0 radical (unpaired) electrons. The van der Waals surface area contributed by atoms with E-state index in [0.29, 0.717) is 15.5 Å². The van der Waals surface area contributed by atoms with Gasteiger partial charge in [0.15, 0.2) is 5.69 Å².